The van der Waals surface area contributed by atoms with Crippen molar-refractivity contribution in [2.24, 2.45) is 0 Å². The van der Waals surface area contributed by atoms with Gasteiger partial charge in [-0.2, -0.15) is 0 Å². The van der Waals surface area contributed by atoms with Gasteiger partial charge in [-0.05, 0) is 18.0 Å². The Labute approximate surface area is 134 Å². The van der Waals surface area contributed by atoms with Gasteiger partial charge in [0.25, 0.3) is 0 Å². The molecule has 0 aromatic carbocycles. The monoisotopic (exact) mass is 328 g/mol. The van der Waals surface area contributed by atoms with E-state index < -0.39 is 0 Å². The third-order valence-electron chi connectivity index (χ3n) is 3.11. The lowest BCUT2D eigenvalue weighted by Crippen LogP contribution is -2.22. The standard InChI is InChI=1S/C15H21ClN2S2/c1-5-17-11(14-10(16)6-7-19-14)8-13-18-12(9-20-13)15(2,3)4/h6-7,9,11,17H,5,8H2,1-4H3. The van der Waals surface area contributed by atoms with Crippen LogP contribution in [0.15, 0.2) is 16.8 Å². The van der Waals surface area contributed by atoms with Crippen molar-refractivity contribution in [1.82, 2.24) is 10.3 Å². The topological polar surface area (TPSA) is 24.9 Å². The summed E-state index contributed by atoms with van der Waals surface area (Å²) >= 11 is 9.72. The minimum atomic E-state index is 0.114. The van der Waals surface area contributed by atoms with E-state index in [1.165, 1.54) is 15.6 Å². The molecule has 0 aliphatic heterocycles. The summed E-state index contributed by atoms with van der Waals surface area (Å²) in [5, 5.41) is 9.76. The molecule has 0 aliphatic rings. The van der Waals surface area contributed by atoms with Crippen LogP contribution in [0.3, 0.4) is 0 Å². The number of nitrogens with zero attached hydrogens (tertiary/aromatic N) is 1. The molecular weight excluding hydrogens is 308 g/mol. The van der Waals surface area contributed by atoms with Crippen LogP contribution in [0.5, 0.6) is 0 Å². The number of thiazole rings is 1. The minimum Gasteiger partial charge on any atom is -0.309 e. The number of aromatic nitrogens is 1. The van der Waals surface area contributed by atoms with Gasteiger partial charge in [-0.25, -0.2) is 4.98 Å². The highest BCUT2D eigenvalue weighted by Crippen LogP contribution is 2.32. The number of halogens is 1. The highest BCUT2D eigenvalue weighted by Gasteiger charge is 2.21. The van der Waals surface area contributed by atoms with E-state index in [1.54, 1.807) is 22.7 Å². The van der Waals surface area contributed by atoms with E-state index in [9.17, 15) is 0 Å². The van der Waals surface area contributed by atoms with Gasteiger partial charge in [0, 0.05) is 28.1 Å². The molecule has 1 N–H and O–H groups in total. The molecule has 0 radical (unpaired) electrons. The quantitative estimate of drug-likeness (QED) is 0.830. The summed E-state index contributed by atoms with van der Waals surface area (Å²) in [7, 11) is 0. The van der Waals surface area contributed by atoms with E-state index in [0.29, 0.717) is 0 Å². The average Bonchev–Trinajstić information content (AvgIpc) is 2.96. The first-order valence-electron chi connectivity index (χ1n) is 6.83. The van der Waals surface area contributed by atoms with Gasteiger partial charge >= 0.3 is 0 Å². The van der Waals surface area contributed by atoms with E-state index in [2.05, 4.69) is 38.4 Å². The van der Waals surface area contributed by atoms with Crippen LogP contribution in [0.4, 0.5) is 0 Å². The Bertz CT molecular complexity index is 554. The number of thiophene rings is 1. The van der Waals surface area contributed by atoms with Crippen molar-refractivity contribution in [3.05, 3.63) is 37.4 Å². The van der Waals surface area contributed by atoms with Crippen LogP contribution in [0.25, 0.3) is 0 Å². The van der Waals surface area contributed by atoms with Gasteiger partial charge in [0.1, 0.15) is 0 Å². The summed E-state index contributed by atoms with van der Waals surface area (Å²) < 4.78 is 0. The summed E-state index contributed by atoms with van der Waals surface area (Å²) in [6.07, 6.45) is 0.898. The molecular formula is C15H21ClN2S2. The van der Waals surface area contributed by atoms with Gasteiger partial charge in [-0.1, -0.05) is 39.3 Å². The molecule has 2 heterocycles. The van der Waals surface area contributed by atoms with Crippen molar-refractivity contribution in [3.8, 4) is 0 Å². The summed E-state index contributed by atoms with van der Waals surface area (Å²) in [5.74, 6) is 0. The minimum absolute atomic E-state index is 0.114. The van der Waals surface area contributed by atoms with E-state index in [4.69, 9.17) is 16.6 Å². The first-order chi connectivity index (χ1) is 9.41. The van der Waals surface area contributed by atoms with Gasteiger partial charge in [0.2, 0.25) is 0 Å². The summed E-state index contributed by atoms with van der Waals surface area (Å²) in [6, 6.07) is 2.22. The lowest BCUT2D eigenvalue weighted by atomic mass is 9.93. The lowest BCUT2D eigenvalue weighted by molar-refractivity contribution is 0.545. The van der Waals surface area contributed by atoms with Gasteiger partial charge in [-0.15, -0.1) is 22.7 Å². The molecule has 2 aromatic heterocycles. The molecule has 0 spiro atoms. The molecule has 2 rings (SSSR count). The highest BCUT2D eigenvalue weighted by molar-refractivity contribution is 7.11. The van der Waals surface area contributed by atoms with E-state index in [-0.39, 0.29) is 11.5 Å². The summed E-state index contributed by atoms with van der Waals surface area (Å²) in [5.41, 5.74) is 1.29. The molecule has 110 valence electrons. The van der Waals surface area contributed by atoms with E-state index in [1.807, 2.05) is 11.4 Å². The van der Waals surface area contributed by atoms with Gasteiger partial charge in [0.15, 0.2) is 0 Å². The molecule has 2 aromatic rings. The molecule has 0 saturated carbocycles. The lowest BCUT2D eigenvalue weighted by Gasteiger charge is -2.16. The van der Waals surface area contributed by atoms with Gasteiger partial charge in [-0.3, -0.25) is 0 Å². The maximum absolute atomic E-state index is 6.27. The molecule has 5 heteroatoms. The van der Waals surface area contributed by atoms with E-state index >= 15 is 0 Å². The van der Waals surface area contributed by atoms with Crippen molar-refractivity contribution >= 4 is 34.3 Å². The average molecular weight is 329 g/mol. The second-order valence-corrected chi connectivity index (χ2v) is 8.12. The maximum atomic E-state index is 6.27. The van der Waals surface area contributed by atoms with Crippen molar-refractivity contribution < 1.29 is 0 Å². The van der Waals surface area contributed by atoms with Crippen molar-refractivity contribution in [2.45, 2.75) is 45.6 Å². The van der Waals surface area contributed by atoms with Gasteiger partial charge < -0.3 is 5.32 Å². The molecule has 1 unspecified atom stereocenters. The summed E-state index contributed by atoms with van der Waals surface area (Å²) in [4.78, 5) is 5.99. The van der Waals surface area contributed by atoms with Crippen LogP contribution in [-0.2, 0) is 11.8 Å². The second-order valence-electron chi connectivity index (χ2n) is 5.82. The molecule has 2 nitrogen and oxygen atoms in total. The Balaban J connectivity index is 2.17. The highest BCUT2D eigenvalue weighted by atomic mass is 35.5. The van der Waals surface area contributed by atoms with Crippen LogP contribution >= 0.6 is 34.3 Å². The predicted octanol–water partition coefficient (Wildman–Crippen LogP) is 5.05. The van der Waals surface area contributed by atoms with Crippen LogP contribution in [0.2, 0.25) is 5.02 Å². The fourth-order valence-corrected chi connectivity index (χ4v) is 4.31. The number of rotatable bonds is 5. The Morgan fingerprint density at radius 1 is 1.35 bits per heavy atom. The molecule has 0 saturated heterocycles. The third kappa shape index (κ3) is 3.82. The number of hydrogen-bond donors (Lipinski definition) is 1. The Morgan fingerprint density at radius 3 is 2.60 bits per heavy atom. The van der Waals surface area contributed by atoms with Crippen LogP contribution in [0.1, 0.15) is 49.3 Å². The first kappa shape index (κ1) is 16.0. The second kappa shape index (κ2) is 6.56. The van der Waals surface area contributed by atoms with Gasteiger partial charge in [0.05, 0.1) is 15.7 Å². The zero-order valence-corrected chi connectivity index (χ0v) is 14.8. The molecule has 0 amide bonds. The normalized spacial score (nSPS) is 13.7. The smallest absolute Gasteiger partial charge is 0.0947 e. The van der Waals surface area contributed by atoms with Crippen LogP contribution < -0.4 is 5.32 Å². The number of hydrogen-bond acceptors (Lipinski definition) is 4. The fraction of sp³-hybridized carbons (Fsp3) is 0.533. The summed E-state index contributed by atoms with van der Waals surface area (Å²) in [6.45, 7) is 9.64. The largest absolute Gasteiger partial charge is 0.309 e. The van der Waals surface area contributed by atoms with E-state index in [0.717, 1.165) is 18.0 Å². The van der Waals surface area contributed by atoms with Crippen molar-refractivity contribution in [2.75, 3.05) is 6.54 Å². The molecule has 0 aliphatic carbocycles. The maximum Gasteiger partial charge on any atom is 0.0947 e. The van der Waals surface area contributed by atoms with Crippen LogP contribution in [0, 0.1) is 0 Å². The van der Waals surface area contributed by atoms with Crippen molar-refractivity contribution in [1.29, 1.82) is 0 Å². The first-order valence-corrected chi connectivity index (χ1v) is 8.96. The predicted molar refractivity (Wildman–Crippen MR) is 90.3 cm³/mol. The molecule has 1 atom stereocenters. The molecule has 0 bridgehead atoms. The fourth-order valence-electron chi connectivity index (χ4n) is 1.98. The molecule has 20 heavy (non-hydrogen) atoms. The number of likely N-dealkylation sites (N-methyl/N-ethyl adjacent to an activating group) is 1. The SMILES string of the molecule is CCNC(Cc1nc(C(C)(C)C)cs1)c1sccc1Cl. The zero-order chi connectivity index (χ0) is 14.8. The third-order valence-corrected chi connectivity index (χ3v) is 5.45. The zero-order valence-electron chi connectivity index (χ0n) is 12.4. The van der Waals surface area contributed by atoms with Crippen LogP contribution in [-0.4, -0.2) is 11.5 Å². The molecule has 0 fully saturated rings. The number of nitrogens with one attached hydrogen (secondary N) is 1. The Hall–Kier alpha value is -0.420. The Kier molecular flexibility index (Phi) is 5.24. The Morgan fingerprint density at radius 2 is 2.10 bits per heavy atom. The van der Waals surface area contributed by atoms with Crippen molar-refractivity contribution in [3.63, 3.8) is 0 Å².